The highest BCUT2D eigenvalue weighted by Gasteiger charge is 2.63. The summed E-state index contributed by atoms with van der Waals surface area (Å²) in [5.41, 5.74) is -0.278. The minimum atomic E-state index is -1.54. The van der Waals surface area contributed by atoms with E-state index in [4.69, 9.17) is 23.8 Å². The number of hydrogen-bond acceptors (Lipinski definition) is 9. The fourth-order valence-electron chi connectivity index (χ4n) is 5.14. The van der Waals surface area contributed by atoms with Crippen molar-refractivity contribution in [1.82, 2.24) is 14.2 Å². The number of hydrogen-bond donors (Lipinski definition) is 1. The molecule has 1 amide bonds. The van der Waals surface area contributed by atoms with Gasteiger partial charge in [0.05, 0.1) is 25.7 Å². The number of ether oxygens (including phenoxy) is 2. The monoisotopic (exact) mass is 571 g/mol. The van der Waals surface area contributed by atoms with Crippen LogP contribution in [0.4, 0.5) is 5.82 Å². The first kappa shape index (κ1) is 30.3. The second-order valence-corrected chi connectivity index (χ2v) is 12.0. The molecule has 216 valence electrons. The molecular formula is C28H38N5O6P. The molecule has 0 radical (unpaired) electrons. The van der Waals surface area contributed by atoms with Crippen molar-refractivity contribution < 1.29 is 23.3 Å². The lowest BCUT2D eigenvalue weighted by molar-refractivity contribution is -0.175. The predicted octanol–water partition coefficient (Wildman–Crippen LogP) is 4.54. The standard InChI is InChI=1S/C28H38N5O6P/c1-7-28-17-36-22(23(28)39-40(37-15-11-14-29)33(18(2)3)19(4)5)26(38-28)32-16-20(6)24(31-27(32)35)30-25(34)21-12-9-8-10-13-21/h8-10,12-13,16,18-19,22-23,26H,7,11,15,17H2,1-6H3,(H,30,31,34,35)/t22?,23-,26-,28+,40?/m1/s1. The Bertz CT molecular complexity index is 1270. The molecule has 40 heavy (non-hydrogen) atoms. The summed E-state index contributed by atoms with van der Waals surface area (Å²) in [5.74, 6) is -0.160. The molecule has 0 saturated carbocycles. The molecule has 2 fully saturated rings. The SMILES string of the molecule is CC[C@@]12COC([C@H](n3cc(C)c(NC(=O)c4ccccc4)nc3=O)O1)[C@H]2OP(OCCC#N)N(C(C)C)C(C)C. The smallest absolute Gasteiger partial charge is 0.351 e. The van der Waals surface area contributed by atoms with Crippen LogP contribution in [0.2, 0.25) is 0 Å². The van der Waals surface area contributed by atoms with Crippen molar-refractivity contribution in [2.75, 3.05) is 18.5 Å². The lowest BCUT2D eigenvalue weighted by atomic mass is 9.96. The maximum absolute atomic E-state index is 13.2. The molecule has 4 rings (SSSR count). The van der Waals surface area contributed by atoms with Crippen molar-refractivity contribution in [3.63, 3.8) is 0 Å². The summed E-state index contributed by atoms with van der Waals surface area (Å²) in [6.07, 6.45) is 0.643. The Morgan fingerprint density at radius 2 is 2.00 bits per heavy atom. The fraction of sp³-hybridized carbons (Fsp3) is 0.571. The second-order valence-electron chi connectivity index (χ2n) is 10.6. The number of nitrogens with zero attached hydrogens (tertiary/aromatic N) is 4. The van der Waals surface area contributed by atoms with Crippen LogP contribution in [0, 0.1) is 18.3 Å². The number of fused-ring (bicyclic) bond motifs is 2. The molecular weight excluding hydrogens is 533 g/mol. The van der Waals surface area contributed by atoms with E-state index in [1.807, 2.05) is 13.0 Å². The van der Waals surface area contributed by atoms with Gasteiger partial charge in [-0.15, -0.1) is 0 Å². The Hall–Kier alpha value is -2.71. The third kappa shape index (κ3) is 6.13. The zero-order chi connectivity index (χ0) is 29.0. The summed E-state index contributed by atoms with van der Waals surface area (Å²) in [6.45, 7) is 12.7. The number of aryl methyl sites for hydroxylation is 1. The summed E-state index contributed by atoms with van der Waals surface area (Å²) in [6, 6.07) is 11.1. The summed E-state index contributed by atoms with van der Waals surface area (Å²) < 4.78 is 29.1. The molecule has 2 saturated heterocycles. The lowest BCUT2D eigenvalue weighted by Gasteiger charge is -2.38. The molecule has 2 aliphatic heterocycles. The van der Waals surface area contributed by atoms with Crippen molar-refractivity contribution in [2.24, 2.45) is 0 Å². The highest BCUT2D eigenvalue weighted by atomic mass is 31.2. The molecule has 2 aliphatic rings. The number of carbonyl (C=O) groups is 1. The van der Waals surface area contributed by atoms with Crippen LogP contribution >= 0.6 is 8.53 Å². The minimum absolute atomic E-state index is 0.135. The average Bonchev–Trinajstić information content (AvgIpc) is 3.42. The summed E-state index contributed by atoms with van der Waals surface area (Å²) in [5, 5.41) is 11.8. The van der Waals surface area contributed by atoms with E-state index >= 15 is 0 Å². The highest BCUT2D eigenvalue weighted by Crippen LogP contribution is 2.55. The van der Waals surface area contributed by atoms with Crippen LogP contribution in [0.1, 0.15) is 69.6 Å². The first-order chi connectivity index (χ1) is 19.1. The number of nitrogens with one attached hydrogen (secondary N) is 1. The maximum atomic E-state index is 13.2. The number of carbonyl (C=O) groups excluding carboxylic acids is 1. The lowest BCUT2D eigenvalue weighted by Crippen LogP contribution is -2.42. The Labute approximate surface area is 236 Å². The maximum Gasteiger partial charge on any atom is 0.351 e. The first-order valence-corrected chi connectivity index (χ1v) is 14.8. The molecule has 1 aromatic carbocycles. The van der Waals surface area contributed by atoms with Crippen LogP contribution in [0.3, 0.4) is 0 Å². The fourth-order valence-corrected chi connectivity index (χ4v) is 6.95. The van der Waals surface area contributed by atoms with Gasteiger partial charge in [-0.3, -0.25) is 9.36 Å². The van der Waals surface area contributed by atoms with Gasteiger partial charge in [0.15, 0.2) is 6.23 Å². The van der Waals surface area contributed by atoms with E-state index < -0.39 is 38.3 Å². The molecule has 3 heterocycles. The number of amides is 1. The Balaban J connectivity index is 1.59. The van der Waals surface area contributed by atoms with E-state index in [-0.39, 0.29) is 36.8 Å². The largest absolute Gasteiger partial charge is 0.368 e. The van der Waals surface area contributed by atoms with Crippen LogP contribution in [0.5, 0.6) is 0 Å². The van der Waals surface area contributed by atoms with Gasteiger partial charge in [0.25, 0.3) is 14.4 Å². The Morgan fingerprint density at radius 3 is 2.62 bits per heavy atom. The number of anilines is 1. The van der Waals surface area contributed by atoms with Crippen molar-refractivity contribution in [3.8, 4) is 6.07 Å². The number of rotatable bonds is 12. The number of aromatic nitrogens is 2. The topological polar surface area (TPSA) is 128 Å². The van der Waals surface area contributed by atoms with E-state index in [9.17, 15) is 9.59 Å². The van der Waals surface area contributed by atoms with Crippen LogP contribution in [-0.4, -0.2) is 63.2 Å². The van der Waals surface area contributed by atoms with Gasteiger partial charge in [-0.25, -0.2) is 9.46 Å². The van der Waals surface area contributed by atoms with Crippen molar-refractivity contribution >= 4 is 20.3 Å². The molecule has 1 N–H and O–H groups in total. The van der Waals surface area contributed by atoms with Gasteiger partial charge < -0.3 is 23.8 Å². The Kier molecular flexibility index (Phi) is 9.72. The van der Waals surface area contributed by atoms with Gasteiger partial charge >= 0.3 is 5.69 Å². The van der Waals surface area contributed by atoms with E-state index in [0.29, 0.717) is 24.2 Å². The van der Waals surface area contributed by atoms with Gasteiger partial charge in [0, 0.05) is 29.4 Å². The minimum Gasteiger partial charge on any atom is -0.368 e. The molecule has 1 aromatic heterocycles. The molecule has 0 spiro atoms. The average molecular weight is 572 g/mol. The van der Waals surface area contributed by atoms with Gasteiger partial charge in [-0.2, -0.15) is 10.2 Å². The molecule has 0 aliphatic carbocycles. The Morgan fingerprint density at radius 1 is 1.30 bits per heavy atom. The van der Waals surface area contributed by atoms with Gasteiger partial charge in [-0.1, -0.05) is 25.1 Å². The normalized spacial score (nSPS) is 24.6. The van der Waals surface area contributed by atoms with Crippen LogP contribution < -0.4 is 11.0 Å². The summed E-state index contributed by atoms with van der Waals surface area (Å²) in [4.78, 5) is 30.0. The first-order valence-electron chi connectivity index (χ1n) is 13.6. The van der Waals surface area contributed by atoms with E-state index in [2.05, 4.69) is 48.7 Å². The molecule has 11 nitrogen and oxygen atoms in total. The van der Waals surface area contributed by atoms with Crippen molar-refractivity contribution in [2.45, 2.75) is 90.5 Å². The highest BCUT2D eigenvalue weighted by molar-refractivity contribution is 7.44. The molecule has 5 atom stereocenters. The summed E-state index contributed by atoms with van der Waals surface area (Å²) in [7, 11) is -1.54. The number of nitriles is 1. The van der Waals surface area contributed by atoms with Gasteiger partial charge in [-0.05, 0) is 53.2 Å². The molecule has 2 aromatic rings. The van der Waals surface area contributed by atoms with E-state index in [1.54, 1.807) is 37.4 Å². The van der Waals surface area contributed by atoms with Crippen LogP contribution in [-0.2, 0) is 18.5 Å². The third-order valence-corrected chi connectivity index (χ3v) is 9.23. The van der Waals surface area contributed by atoms with Crippen LogP contribution in [0.15, 0.2) is 41.3 Å². The zero-order valence-electron chi connectivity index (χ0n) is 23.9. The quantitative estimate of drug-likeness (QED) is 0.288. The van der Waals surface area contributed by atoms with Crippen LogP contribution in [0.25, 0.3) is 0 Å². The third-order valence-electron chi connectivity index (χ3n) is 7.11. The summed E-state index contributed by atoms with van der Waals surface area (Å²) >= 11 is 0. The second kappa shape index (κ2) is 12.9. The number of benzene rings is 1. The molecule has 12 heteroatoms. The van der Waals surface area contributed by atoms with E-state index in [1.165, 1.54) is 4.57 Å². The van der Waals surface area contributed by atoms with Gasteiger partial charge in [0.2, 0.25) is 0 Å². The van der Waals surface area contributed by atoms with Crippen molar-refractivity contribution in [1.29, 1.82) is 5.26 Å². The van der Waals surface area contributed by atoms with Gasteiger partial charge in [0.1, 0.15) is 23.6 Å². The molecule has 2 unspecified atom stereocenters. The molecule has 2 bridgehead atoms. The van der Waals surface area contributed by atoms with E-state index in [0.717, 1.165) is 0 Å². The van der Waals surface area contributed by atoms with Crippen molar-refractivity contribution in [3.05, 3.63) is 58.1 Å². The zero-order valence-corrected chi connectivity index (χ0v) is 24.8. The predicted molar refractivity (Wildman–Crippen MR) is 151 cm³/mol.